The number of aldehydes is 2. The topological polar surface area (TPSA) is 118 Å². The lowest BCUT2D eigenvalue weighted by Crippen LogP contribution is -2.15. The lowest BCUT2D eigenvalue weighted by molar-refractivity contribution is 0.101. The van der Waals surface area contributed by atoms with E-state index in [4.69, 9.17) is 0 Å². The van der Waals surface area contributed by atoms with E-state index in [1.54, 1.807) is 12.1 Å². The number of benzene rings is 2. The first-order chi connectivity index (χ1) is 17.4. The summed E-state index contributed by atoms with van der Waals surface area (Å²) >= 11 is 0. The third kappa shape index (κ3) is 5.07. The van der Waals surface area contributed by atoms with Gasteiger partial charge in [-0.2, -0.15) is 0 Å². The molecule has 0 bridgehead atoms. The van der Waals surface area contributed by atoms with Crippen LogP contribution in [-0.2, 0) is 0 Å². The number of carbonyl (C=O) groups excluding carboxylic acids is 4. The summed E-state index contributed by atoms with van der Waals surface area (Å²) < 4.78 is 0. The number of rotatable bonds is 7. The van der Waals surface area contributed by atoms with Crippen LogP contribution in [0.1, 0.15) is 52.8 Å². The fraction of sp³-hybridized carbons (Fsp3) is 0.0714. The van der Waals surface area contributed by atoms with Crippen molar-refractivity contribution in [3.05, 3.63) is 107 Å². The molecule has 0 radical (unpaired) electrons. The van der Waals surface area contributed by atoms with Crippen LogP contribution in [-0.4, -0.2) is 34.4 Å². The molecule has 8 nitrogen and oxygen atoms in total. The van der Waals surface area contributed by atoms with E-state index < -0.39 is 11.8 Å². The highest BCUT2D eigenvalue weighted by Gasteiger charge is 2.15. The Hall–Kier alpha value is -4.98. The molecule has 2 heterocycles. The van der Waals surface area contributed by atoms with E-state index >= 15 is 0 Å². The molecule has 178 valence electrons. The van der Waals surface area contributed by atoms with Gasteiger partial charge >= 0.3 is 0 Å². The lowest BCUT2D eigenvalue weighted by Gasteiger charge is -2.17. The van der Waals surface area contributed by atoms with Gasteiger partial charge in [-0.3, -0.25) is 29.1 Å². The number of aromatic nitrogens is 2. The van der Waals surface area contributed by atoms with Gasteiger partial charge in [0.25, 0.3) is 11.8 Å². The highest BCUT2D eigenvalue weighted by Crippen LogP contribution is 2.34. The van der Waals surface area contributed by atoms with Crippen LogP contribution in [0, 0.1) is 13.8 Å². The molecule has 2 aromatic heterocycles. The molecule has 0 saturated carbocycles. The fourth-order valence-electron chi connectivity index (χ4n) is 3.72. The van der Waals surface area contributed by atoms with Gasteiger partial charge in [0.2, 0.25) is 0 Å². The largest absolute Gasteiger partial charge is 0.320 e. The van der Waals surface area contributed by atoms with Crippen LogP contribution < -0.4 is 10.6 Å². The predicted octanol–water partition coefficient (Wildman–Crippen LogP) is 4.89. The molecule has 0 aliphatic rings. The first-order valence-electron chi connectivity index (χ1n) is 11.1. The van der Waals surface area contributed by atoms with Crippen LogP contribution in [0.2, 0.25) is 0 Å². The Morgan fingerprint density at radius 3 is 1.39 bits per heavy atom. The van der Waals surface area contributed by atoms with Crippen molar-refractivity contribution in [1.82, 2.24) is 9.97 Å². The van der Waals surface area contributed by atoms with E-state index in [0.29, 0.717) is 35.1 Å². The molecule has 4 aromatic rings. The van der Waals surface area contributed by atoms with Crippen molar-refractivity contribution >= 4 is 35.8 Å². The van der Waals surface area contributed by atoms with Gasteiger partial charge in [0, 0.05) is 34.9 Å². The van der Waals surface area contributed by atoms with Gasteiger partial charge in [0.1, 0.15) is 11.4 Å². The van der Waals surface area contributed by atoms with Crippen LogP contribution in [0.25, 0.3) is 11.1 Å². The van der Waals surface area contributed by atoms with E-state index in [-0.39, 0.29) is 11.4 Å². The summed E-state index contributed by atoms with van der Waals surface area (Å²) in [6.45, 7) is 3.80. The molecule has 0 unspecified atom stereocenters. The Morgan fingerprint density at radius 1 is 0.639 bits per heavy atom. The highest BCUT2D eigenvalue weighted by molar-refractivity contribution is 6.05. The SMILES string of the molecule is Cc1c(NC(=O)c2ccc(C=O)cn2)cccc1-c1cccc(NC(=O)c2ccc(C=O)cn2)c1C. The van der Waals surface area contributed by atoms with E-state index in [1.807, 2.05) is 38.1 Å². The van der Waals surface area contributed by atoms with Crippen molar-refractivity contribution in [3.8, 4) is 11.1 Å². The van der Waals surface area contributed by atoms with Gasteiger partial charge in [-0.25, -0.2) is 0 Å². The van der Waals surface area contributed by atoms with E-state index in [0.717, 1.165) is 22.3 Å². The normalized spacial score (nSPS) is 10.4. The zero-order chi connectivity index (χ0) is 25.7. The number of nitrogens with zero attached hydrogens (tertiary/aromatic N) is 2. The second-order valence-corrected chi connectivity index (χ2v) is 8.05. The monoisotopic (exact) mass is 478 g/mol. The average Bonchev–Trinajstić information content (AvgIpc) is 2.91. The molecule has 2 amide bonds. The number of amides is 2. The summed E-state index contributed by atoms with van der Waals surface area (Å²) in [5.41, 5.74) is 5.86. The third-order valence-corrected chi connectivity index (χ3v) is 5.76. The van der Waals surface area contributed by atoms with Crippen molar-refractivity contribution in [1.29, 1.82) is 0 Å². The summed E-state index contributed by atoms with van der Waals surface area (Å²) in [6.07, 6.45) is 4.03. The molecule has 2 aromatic carbocycles. The van der Waals surface area contributed by atoms with Gasteiger partial charge < -0.3 is 10.6 Å². The second kappa shape index (κ2) is 10.5. The first-order valence-corrected chi connectivity index (χ1v) is 11.1. The molecule has 2 N–H and O–H groups in total. The molecule has 0 atom stereocenters. The number of carbonyl (C=O) groups is 4. The fourth-order valence-corrected chi connectivity index (χ4v) is 3.72. The molecular formula is C28H22N4O4. The van der Waals surface area contributed by atoms with E-state index in [9.17, 15) is 19.2 Å². The minimum Gasteiger partial charge on any atom is -0.320 e. The van der Waals surface area contributed by atoms with Crippen molar-refractivity contribution in [3.63, 3.8) is 0 Å². The maximum absolute atomic E-state index is 12.7. The molecule has 4 rings (SSSR count). The van der Waals surface area contributed by atoms with Gasteiger partial charge in [-0.1, -0.05) is 24.3 Å². The molecule has 36 heavy (non-hydrogen) atoms. The Morgan fingerprint density at radius 2 is 1.06 bits per heavy atom. The molecule has 0 aliphatic heterocycles. The average molecular weight is 479 g/mol. The van der Waals surface area contributed by atoms with Crippen molar-refractivity contribution < 1.29 is 19.2 Å². The van der Waals surface area contributed by atoms with E-state index in [2.05, 4.69) is 20.6 Å². The molecule has 8 heteroatoms. The Bertz CT molecular complexity index is 1350. The van der Waals surface area contributed by atoms with Crippen LogP contribution in [0.5, 0.6) is 0 Å². The third-order valence-electron chi connectivity index (χ3n) is 5.76. The van der Waals surface area contributed by atoms with E-state index in [1.165, 1.54) is 36.7 Å². The number of anilines is 2. The minimum absolute atomic E-state index is 0.195. The number of pyridine rings is 2. The molecule has 0 aliphatic carbocycles. The Balaban J connectivity index is 1.59. The number of nitrogens with one attached hydrogen (secondary N) is 2. The minimum atomic E-state index is -0.390. The molecule has 0 spiro atoms. The smallest absolute Gasteiger partial charge is 0.274 e. The van der Waals surface area contributed by atoms with Crippen molar-refractivity contribution in [2.75, 3.05) is 10.6 Å². The van der Waals surface area contributed by atoms with Crippen molar-refractivity contribution in [2.45, 2.75) is 13.8 Å². The van der Waals surface area contributed by atoms with Gasteiger partial charge in [-0.05, 0) is 72.5 Å². The summed E-state index contributed by atoms with van der Waals surface area (Å²) in [4.78, 5) is 55.1. The van der Waals surface area contributed by atoms with Gasteiger partial charge in [0.15, 0.2) is 12.6 Å². The predicted molar refractivity (Wildman–Crippen MR) is 137 cm³/mol. The molecule has 0 fully saturated rings. The molecule has 0 saturated heterocycles. The zero-order valence-electron chi connectivity index (χ0n) is 19.6. The number of hydrogen-bond acceptors (Lipinski definition) is 6. The zero-order valence-corrected chi connectivity index (χ0v) is 19.6. The van der Waals surface area contributed by atoms with Crippen molar-refractivity contribution in [2.24, 2.45) is 0 Å². The first kappa shape index (κ1) is 24.2. The van der Waals surface area contributed by atoms with Gasteiger partial charge in [-0.15, -0.1) is 0 Å². The van der Waals surface area contributed by atoms with Crippen LogP contribution in [0.3, 0.4) is 0 Å². The van der Waals surface area contributed by atoms with Crippen LogP contribution in [0.15, 0.2) is 73.1 Å². The Kier molecular flexibility index (Phi) is 7.06. The maximum Gasteiger partial charge on any atom is 0.274 e. The summed E-state index contributed by atoms with van der Waals surface area (Å²) in [6, 6.07) is 17.2. The quantitative estimate of drug-likeness (QED) is 0.365. The summed E-state index contributed by atoms with van der Waals surface area (Å²) in [5, 5.41) is 5.76. The second-order valence-electron chi connectivity index (χ2n) is 8.05. The number of hydrogen-bond donors (Lipinski definition) is 2. The van der Waals surface area contributed by atoms with Gasteiger partial charge in [0.05, 0.1) is 0 Å². The van der Waals surface area contributed by atoms with Crippen LogP contribution in [0.4, 0.5) is 11.4 Å². The lowest BCUT2D eigenvalue weighted by atomic mass is 9.94. The standard InChI is InChI=1S/C28H22N4O4/c1-17-21(5-3-7-23(17)31-27(35)25-11-9-19(15-33)13-29-25)22-6-4-8-24(18(22)2)32-28(36)26-12-10-20(16-34)14-30-26/h3-16H,1-2H3,(H,31,35)(H,32,36). The molecular weight excluding hydrogens is 456 g/mol. The Labute approximate surface area is 207 Å². The van der Waals surface area contributed by atoms with Crippen LogP contribution >= 0.6 is 0 Å². The highest BCUT2D eigenvalue weighted by atomic mass is 16.2. The summed E-state index contributed by atoms with van der Waals surface area (Å²) in [7, 11) is 0. The summed E-state index contributed by atoms with van der Waals surface area (Å²) in [5.74, 6) is -0.780. The maximum atomic E-state index is 12.7.